The van der Waals surface area contributed by atoms with Gasteiger partial charge in [0.25, 0.3) is 0 Å². The molecule has 3 aromatic heterocycles. The number of aromatic nitrogens is 3. The highest BCUT2D eigenvalue weighted by molar-refractivity contribution is 6.89. The molecule has 0 fully saturated rings. The number of furan rings is 1. The Bertz CT molecular complexity index is 3760. The molecule has 1 unspecified atom stereocenters. The summed E-state index contributed by atoms with van der Waals surface area (Å²) >= 11 is 0. The standard InChI is InChI=1S/C62H59N3OSi/c1-37(2)46-34-55-45-21-15-16-22-50(45)62(63(55)36-58(46)67(9,10)11)51-35-57-48(44-27-25-42(31-56(44)66-57)59-39(4)29-38(3)30-40(59)5)33-49(51)60-64(53-23-17-18-24-54(53)65(60)62)52-28-26-43(61(6,7)8)32-47(52)41-19-13-12-14-20-41/h12-37H,1-11H3/q+2/i37D. The minimum atomic E-state index is -2.04. The Kier molecular flexibility index (Phi) is 8.66. The Balaban J connectivity index is 1.26. The minimum absolute atomic E-state index is 0.0483. The lowest BCUT2D eigenvalue weighted by atomic mass is 9.85. The van der Waals surface area contributed by atoms with E-state index in [1.54, 1.807) is 0 Å². The number of pyridine rings is 1. The number of rotatable bonds is 5. The lowest BCUT2D eigenvalue weighted by molar-refractivity contribution is -0.944. The Morgan fingerprint density at radius 1 is 0.657 bits per heavy atom. The zero-order valence-electron chi connectivity index (χ0n) is 41.7. The molecule has 0 saturated heterocycles. The molecule has 0 radical (unpaired) electrons. The molecule has 0 amide bonds. The van der Waals surface area contributed by atoms with Crippen molar-refractivity contribution in [1.82, 2.24) is 4.57 Å². The fourth-order valence-corrected chi connectivity index (χ4v) is 13.6. The molecule has 12 rings (SSSR count). The van der Waals surface area contributed by atoms with Gasteiger partial charge in [0.1, 0.15) is 16.9 Å². The van der Waals surface area contributed by atoms with E-state index in [0.29, 0.717) is 0 Å². The molecule has 2 aliphatic heterocycles. The number of fused-ring (bicyclic) bond motifs is 15. The largest absolute Gasteiger partial charge is 0.456 e. The lowest BCUT2D eigenvalue weighted by Crippen LogP contribution is -2.72. The van der Waals surface area contributed by atoms with Crippen molar-refractivity contribution >= 4 is 46.2 Å². The van der Waals surface area contributed by atoms with Crippen LogP contribution in [0.5, 0.6) is 0 Å². The second kappa shape index (κ2) is 14.3. The van der Waals surface area contributed by atoms with Gasteiger partial charge in [-0.05, 0) is 132 Å². The van der Waals surface area contributed by atoms with E-state index in [0.717, 1.165) is 55.7 Å². The average Bonchev–Trinajstić information content (AvgIpc) is 3.99. The van der Waals surface area contributed by atoms with Crippen LogP contribution in [0.4, 0.5) is 0 Å². The molecule has 1 atom stereocenters. The summed E-state index contributed by atoms with van der Waals surface area (Å²) < 4.78 is 24.5. The second-order valence-electron chi connectivity index (χ2n) is 21.6. The summed E-state index contributed by atoms with van der Waals surface area (Å²) in [5.74, 6) is 0.329. The van der Waals surface area contributed by atoms with E-state index in [2.05, 4.69) is 227 Å². The third kappa shape index (κ3) is 5.89. The van der Waals surface area contributed by atoms with Crippen LogP contribution in [0, 0.1) is 20.8 Å². The Labute approximate surface area is 397 Å². The summed E-state index contributed by atoms with van der Waals surface area (Å²) in [5, 5.41) is 3.50. The van der Waals surface area contributed by atoms with Gasteiger partial charge in [0.2, 0.25) is 5.69 Å². The first-order chi connectivity index (χ1) is 32.4. The van der Waals surface area contributed by atoms with E-state index in [9.17, 15) is 1.37 Å². The number of imidazole rings is 1. The number of hydrogen-bond acceptors (Lipinski definition) is 1. The zero-order chi connectivity index (χ0) is 47.4. The highest BCUT2D eigenvalue weighted by Gasteiger charge is 2.66. The van der Waals surface area contributed by atoms with Gasteiger partial charge in [-0.15, -0.1) is 9.13 Å². The van der Waals surface area contributed by atoms with Gasteiger partial charge in [0, 0.05) is 29.0 Å². The van der Waals surface area contributed by atoms with Crippen LogP contribution < -0.4 is 14.3 Å². The Hall–Kier alpha value is -6.82. The maximum Gasteiger partial charge on any atom is 0.364 e. The van der Waals surface area contributed by atoms with Gasteiger partial charge in [-0.25, -0.2) is 0 Å². The monoisotopic (exact) mass is 890 g/mol. The molecule has 0 bridgehead atoms. The van der Waals surface area contributed by atoms with Crippen molar-refractivity contribution in [3.63, 3.8) is 0 Å². The van der Waals surface area contributed by atoms with Crippen molar-refractivity contribution < 1.29 is 14.9 Å². The highest BCUT2D eigenvalue weighted by Crippen LogP contribution is 2.52. The molecule has 7 aromatic carbocycles. The van der Waals surface area contributed by atoms with Crippen LogP contribution in [-0.4, -0.2) is 12.6 Å². The molecule has 67 heavy (non-hydrogen) atoms. The number of nitrogens with zero attached hydrogens (tertiary/aromatic N) is 3. The first kappa shape index (κ1) is 40.5. The first-order valence-electron chi connectivity index (χ1n) is 24.4. The van der Waals surface area contributed by atoms with Crippen molar-refractivity contribution in [2.75, 3.05) is 0 Å². The van der Waals surface area contributed by atoms with E-state index in [-0.39, 0.29) is 5.41 Å². The van der Waals surface area contributed by atoms with Gasteiger partial charge in [-0.2, -0.15) is 4.57 Å². The topological polar surface area (TPSA) is 25.8 Å². The van der Waals surface area contributed by atoms with Gasteiger partial charge < -0.3 is 4.42 Å². The summed E-state index contributed by atoms with van der Waals surface area (Å²) in [4.78, 5) is 0. The quantitative estimate of drug-likeness (QED) is 0.125. The smallest absolute Gasteiger partial charge is 0.364 e. The molecule has 2 aliphatic rings. The van der Waals surface area contributed by atoms with E-state index in [1.807, 2.05) is 13.8 Å². The van der Waals surface area contributed by atoms with Gasteiger partial charge >= 0.3 is 11.5 Å². The van der Waals surface area contributed by atoms with Crippen LogP contribution in [-0.2, 0) is 11.1 Å². The molecule has 10 aromatic rings. The third-order valence-electron chi connectivity index (χ3n) is 14.9. The van der Waals surface area contributed by atoms with Gasteiger partial charge in [0.15, 0.2) is 17.2 Å². The van der Waals surface area contributed by atoms with Crippen LogP contribution in [0.25, 0.3) is 83.6 Å². The predicted octanol–water partition coefficient (Wildman–Crippen LogP) is 14.6. The van der Waals surface area contributed by atoms with Crippen molar-refractivity contribution in [2.24, 2.45) is 0 Å². The molecule has 0 aliphatic carbocycles. The summed E-state index contributed by atoms with van der Waals surface area (Å²) in [6, 6.07) is 54.5. The number of hydrogen-bond donors (Lipinski definition) is 0. The van der Waals surface area contributed by atoms with Crippen LogP contribution in [0.1, 0.15) is 80.8 Å². The molecule has 0 N–H and O–H groups in total. The minimum Gasteiger partial charge on any atom is -0.456 e. The predicted molar refractivity (Wildman–Crippen MR) is 281 cm³/mol. The summed E-state index contributed by atoms with van der Waals surface area (Å²) in [5.41, 5.74) is 21.2. The molecule has 0 saturated carbocycles. The van der Waals surface area contributed by atoms with E-state index in [4.69, 9.17) is 4.42 Å². The molecule has 330 valence electrons. The first-order valence-corrected chi connectivity index (χ1v) is 27.4. The van der Waals surface area contributed by atoms with Gasteiger partial charge in [-0.3, -0.25) is 0 Å². The van der Waals surface area contributed by atoms with Crippen LogP contribution in [0.3, 0.4) is 0 Å². The van der Waals surface area contributed by atoms with Gasteiger partial charge in [0.05, 0.1) is 30.3 Å². The zero-order valence-corrected chi connectivity index (χ0v) is 41.7. The van der Waals surface area contributed by atoms with Crippen molar-refractivity contribution in [3.05, 3.63) is 191 Å². The second-order valence-corrected chi connectivity index (χ2v) is 26.7. The van der Waals surface area contributed by atoms with E-state index in [1.165, 1.54) is 71.9 Å². The SMILES string of the molecule is [2H]C(C)(C)c1cc2[n+](cc1[Si](C)(C)C)C1(c3ccccc3-2)c2cc3oc4cc(-c5c(C)cc(C)cc5C)ccc4c3cc2-c2n(-c3ccc(C(C)(C)C)cc3-c3ccccc3)c3ccccc3[n+]21. The van der Waals surface area contributed by atoms with Crippen molar-refractivity contribution in [1.29, 1.82) is 0 Å². The Morgan fingerprint density at radius 3 is 2.09 bits per heavy atom. The molecule has 5 heterocycles. The molecular formula is C62H59N3OSi+2. The third-order valence-corrected chi connectivity index (χ3v) is 16.9. The summed E-state index contributed by atoms with van der Waals surface area (Å²) in [7, 11) is -2.04. The maximum absolute atomic E-state index is 9.56. The summed E-state index contributed by atoms with van der Waals surface area (Å²) in [6.45, 7) is 24.9. The average molecular weight is 891 g/mol. The maximum atomic E-state index is 9.56. The Morgan fingerprint density at radius 2 is 1.36 bits per heavy atom. The van der Waals surface area contributed by atoms with Crippen LogP contribution in [0.2, 0.25) is 19.6 Å². The lowest BCUT2D eigenvalue weighted by Gasteiger charge is -2.25. The molecule has 4 nitrogen and oxygen atoms in total. The van der Waals surface area contributed by atoms with Crippen LogP contribution in [0.15, 0.2) is 156 Å². The van der Waals surface area contributed by atoms with Crippen LogP contribution >= 0.6 is 0 Å². The van der Waals surface area contributed by atoms with Crippen molar-refractivity contribution in [3.8, 4) is 50.6 Å². The normalized spacial score (nSPS) is 15.7. The number of para-hydroxylation sites is 2. The fraction of sp³-hybridized carbons (Fsp3) is 0.226. The summed E-state index contributed by atoms with van der Waals surface area (Å²) in [6.07, 6.45) is 2.46. The van der Waals surface area contributed by atoms with E-state index < -0.39 is 19.6 Å². The molecular weight excluding hydrogens is 831 g/mol. The highest BCUT2D eigenvalue weighted by atomic mass is 28.3. The van der Waals surface area contributed by atoms with Crippen molar-refractivity contribution in [2.45, 2.75) is 92.0 Å². The fourth-order valence-electron chi connectivity index (χ4n) is 11.9. The molecule has 5 heteroatoms. The van der Waals surface area contributed by atoms with E-state index >= 15 is 0 Å². The number of aryl methyl sites for hydroxylation is 3. The molecule has 1 spiro atoms. The number of benzene rings is 7. The van der Waals surface area contributed by atoms with Gasteiger partial charge in [-0.1, -0.05) is 139 Å².